The van der Waals surface area contributed by atoms with Crippen LogP contribution in [0.4, 0.5) is 5.82 Å². The van der Waals surface area contributed by atoms with Crippen LogP contribution in [0.1, 0.15) is 30.5 Å². The van der Waals surface area contributed by atoms with Gasteiger partial charge in [0, 0.05) is 44.7 Å². The van der Waals surface area contributed by atoms with Crippen LogP contribution in [0, 0.1) is 11.3 Å². The first-order valence-electron chi connectivity index (χ1n) is 8.71. The number of piperazine rings is 1. The SMILES string of the molecule is CSc1nc(N2CCN(CCO)CC2)c2c(c1C#N)CC(C)(C)OC2. The zero-order valence-corrected chi connectivity index (χ0v) is 16.0. The molecule has 25 heavy (non-hydrogen) atoms. The van der Waals surface area contributed by atoms with Gasteiger partial charge < -0.3 is 14.7 Å². The minimum atomic E-state index is -0.257. The Kier molecular flexibility index (Phi) is 5.54. The number of fused-ring (bicyclic) bond motifs is 1. The van der Waals surface area contributed by atoms with Crippen molar-refractivity contribution < 1.29 is 9.84 Å². The van der Waals surface area contributed by atoms with E-state index in [-0.39, 0.29) is 12.2 Å². The zero-order chi connectivity index (χ0) is 18.0. The summed E-state index contributed by atoms with van der Waals surface area (Å²) in [6.07, 6.45) is 2.71. The lowest BCUT2D eigenvalue weighted by Crippen LogP contribution is -2.48. The summed E-state index contributed by atoms with van der Waals surface area (Å²) in [6, 6.07) is 2.37. The maximum Gasteiger partial charge on any atom is 0.135 e. The van der Waals surface area contributed by atoms with Crippen LogP contribution in [0.15, 0.2) is 5.03 Å². The second kappa shape index (κ2) is 7.50. The molecule has 1 fully saturated rings. The van der Waals surface area contributed by atoms with Crippen molar-refractivity contribution in [3.63, 3.8) is 0 Å². The highest BCUT2D eigenvalue weighted by molar-refractivity contribution is 7.98. The zero-order valence-electron chi connectivity index (χ0n) is 15.2. The maximum absolute atomic E-state index is 9.68. The number of aliphatic hydroxyl groups excluding tert-OH is 1. The second-order valence-electron chi connectivity index (χ2n) is 7.17. The van der Waals surface area contributed by atoms with E-state index < -0.39 is 0 Å². The molecule has 0 amide bonds. The van der Waals surface area contributed by atoms with Gasteiger partial charge in [-0.05, 0) is 25.7 Å². The number of nitrogens with zero attached hydrogens (tertiary/aromatic N) is 4. The Morgan fingerprint density at radius 2 is 2.00 bits per heavy atom. The summed E-state index contributed by atoms with van der Waals surface area (Å²) in [5.41, 5.74) is 2.63. The Labute approximate surface area is 153 Å². The lowest BCUT2D eigenvalue weighted by atomic mass is 9.89. The molecule has 0 atom stereocenters. The predicted octanol–water partition coefficient (Wildman–Crippen LogP) is 1.64. The van der Waals surface area contributed by atoms with Crippen LogP contribution >= 0.6 is 11.8 Å². The minimum Gasteiger partial charge on any atom is -0.395 e. The van der Waals surface area contributed by atoms with Crippen LogP contribution in [-0.2, 0) is 17.8 Å². The average molecular weight is 362 g/mol. The summed E-state index contributed by atoms with van der Waals surface area (Å²) in [4.78, 5) is 9.40. The molecule has 1 saturated heterocycles. The van der Waals surface area contributed by atoms with E-state index >= 15 is 0 Å². The van der Waals surface area contributed by atoms with Gasteiger partial charge in [-0.2, -0.15) is 5.26 Å². The van der Waals surface area contributed by atoms with Crippen molar-refractivity contribution in [2.75, 3.05) is 50.5 Å². The van der Waals surface area contributed by atoms with Crippen molar-refractivity contribution in [1.82, 2.24) is 9.88 Å². The third-order valence-corrected chi connectivity index (χ3v) is 5.64. The Morgan fingerprint density at radius 3 is 2.60 bits per heavy atom. The smallest absolute Gasteiger partial charge is 0.135 e. The van der Waals surface area contributed by atoms with Gasteiger partial charge in [0.25, 0.3) is 0 Å². The molecule has 1 N–H and O–H groups in total. The van der Waals surface area contributed by atoms with Crippen LogP contribution in [-0.4, -0.2) is 66.2 Å². The molecule has 0 bridgehead atoms. The summed E-state index contributed by atoms with van der Waals surface area (Å²) in [5.74, 6) is 0.970. The number of aromatic nitrogens is 1. The van der Waals surface area contributed by atoms with Crippen LogP contribution in [0.25, 0.3) is 0 Å². The number of rotatable bonds is 4. The molecular formula is C18H26N4O2S. The fourth-order valence-electron chi connectivity index (χ4n) is 3.57. The van der Waals surface area contributed by atoms with E-state index in [4.69, 9.17) is 14.8 Å². The normalized spacial score (nSPS) is 20.2. The second-order valence-corrected chi connectivity index (χ2v) is 7.96. The van der Waals surface area contributed by atoms with Crippen LogP contribution in [0.3, 0.4) is 0 Å². The molecule has 1 aromatic rings. The molecule has 136 valence electrons. The highest BCUT2D eigenvalue weighted by Gasteiger charge is 2.33. The van der Waals surface area contributed by atoms with Crippen molar-refractivity contribution in [3.8, 4) is 6.07 Å². The van der Waals surface area contributed by atoms with Gasteiger partial charge >= 0.3 is 0 Å². The molecule has 0 aromatic carbocycles. The fraction of sp³-hybridized carbons (Fsp3) is 0.667. The highest BCUT2D eigenvalue weighted by atomic mass is 32.2. The number of hydrogen-bond acceptors (Lipinski definition) is 7. The topological polar surface area (TPSA) is 72.6 Å². The first kappa shape index (κ1) is 18.5. The van der Waals surface area contributed by atoms with E-state index in [1.54, 1.807) is 0 Å². The first-order valence-corrected chi connectivity index (χ1v) is 9.93. The predicted molar refractivity (Wildman–Crippen MR) is 99.0 cm³/mol. The molecule has 1 aromatic heterocycles. The Balaban J connectivity index is 1.97. The quantitative estimate of drug-likeness (QED) is 0.816. The van der Waals surface area contributed by atoms with Crippen molar-refractivity contribution in [3.05, 3.63) is 16.7 Å². The van der Waals surface area contributed by atoms with Crippen LogP contribution in [0.2, 0.25) is 0 Å². The van der Waals surface area contributed by atoms with Crippen LogP contribution < -0.4 is 4.90 Å². The molecule has 0 saturated carbocycles. The van der Waals surface area contributed by atoms with E-state index in [1.165, 1.54) is 11.8 Å². The van der Waals surface area contributed by atoms with Gasteiger partial charge in [0.15, 0.2) is 0 Å². The summed E-state index contributed by atoms with van der Waals surface area (Å²) >= 11 is 1.54. The molecule has 6 nitrogen and oxygen atoms in total. The number of pyridine rings is 1. The van der Waals surface area contributed by atoms with Gasteiger partial charge in [0.1, 0.15) is 16.9 Å². The van der Waals surface area contributed by atoms with E-state index in [0.29, 0.717) is 12.2 Å². The number of ether oxygens (including phenoxy) is 1. The van der Waals surface area contributed by atoms with Gasteiger partial charge in [-0.3, -0.25) is 4.90 Å². The average Bonchev–Trinajstić information content (AvgIpc) is 2.60. The van der Waals surface area contributed by atoms with Crippen LogP contribution in [0.5, 0.6) is 0 Å². The third-order valence-electron chi connectivity index (χ3n) is 4.96. The van der Waals surface area contributed by atoms with E-state index in [1.807, 2.05) is 6.26 Å². The lowest BCUT2D eigenvalue weighted by molar-refractivity contribution is -0.0402. The highest BCUT2D eigenvalue weighted by Crippen LogP contribution is 2.38. The Morgan fingerprint density at radius 1 is 1.28 bits per heavy atom. The van der Waals surface area contributed by atoms with Crippen molar-refractivity contribution in [2.45, 2.75) is 37.5 Å². The number of anilines is 1. The van der Waals surface area contributed by atoms with E-state index in [0.717, 1.165) is 61.1 Å². The Bertz CT molecular complexity index is 679. The van der Waals surface area contributed by atoms with Gasteiger partial charge in [-0.25, -0.2) is 4.98 Å². The van der Waals surface area contributed by atoms with Gasteiger partial charge in [0.2, 0.25) is 0 Å². The molecule has 2 aliphatic rings. The molecule has 7 heteroatoms. The third kappa shape index (κ3) is 3.77. The summed E-state index contributed by atoms with van der Waals surface area (Å²) in [6.45, 7) is 9.16. The molecule has 0 aliphatic carbocycles. The monoisotopic (exact) mass is 362 g/mol. The number of hydrogen-bond donors (Lipinski definition) is 1. The number of β-amino-alcohol motifs (C(OH)–C–C–N with tert-alkyl or cyclic N) is 1. The van der Waals surface area contributed by atoms with Crippen molar-refractivity contribution in [1.29, 1.82) is 5.26 Å². The van der Waals surface area contributed by atoms with Crippen molar-refractivity contribution in [2.24, 2.45) is 0 Å². The lowest BCUT2D eigenvalue weighted by Gasteiger charge is -2.39. The number of thioether (sulfide) groups is 1. The first-order chi connectivity index (χ1) is 12.0. The molecule has 0 unspecified atom stereocenters. The molecule has 0 spiro atoms. The summed E-state index contributed by atoms with van der Waals surface area (Å²) < 4.78 is 6.03. The van der Waals surface area contributed by atoms with E-state index in [2.05, 4.69) is 29.7 Å². The summed E-state index contributed by atoms with van der Waals surface area (Å²) in [5, 5.41) is 19.6. The number of nitriles is 1. The fourth-order valence-corrected chi connectivity index (χ4v) is 4.13. The van der Waals surface area contributed by atoms with Gasteiger partial charge in [0.05, 0.1) is 24.4 Å². The molecule has 2 aliphatic heterocycles. The molecule has 3 heterocycles. The van der Waals surface area contributed by atoms with Crippen molar-refractivity contribution >= 4 is 17.6 Å². The summed E-state index contributed by atoms with van der Waals surface area (Å²) in [7, 11) is 0. The number of aliphatic hydroxyl groups is 1. The largest absolute Gasteiger partial charge is 0.395 e. The van der Waals surface area contributed by atoms with E-state index in [9.17, 15) is 5.26 Å². The minimum absolute atomic E-state index is 0.198. The molecule has 0 radical (unpaired) electrons. The molecule has 3 rings (SSSR count). The maximum atomic E-state index is 9.68. The Hall–Kier alpha value is -1.33. The van der Waals surface area contributed by atoms with Gasteiger partial charge in [-0.15, -0.1) is 11.8 Å². The molecular weight excluding hydrogens is 336 g/mol. The standard InChI is InChI=1S/C18H26N4O2S/c1-18(2)10-13-14(11-19)17(25-3)20-16(15(13)12-24-18)22-6-4-21(5-7-22)8-9-23/h23H,4-10,12H2,1-3H3. The van der Waals surface area contributed by atoms with Gasteiger partial charge in [-0.1, -0.05) is 0 Å².